The summed E-state index contributed by atoms with van der Waals surface area (Å²) >= 11 is 2.41. The van der Waals surface area contributed by atoms with E-state index in [0.717, 1.165) is 12.0 Å². The van der Waals surface area contributed by atoms with Crippen LogP contribution < -0.4 is 10.9 Å². The minimum atomic E-state index is -1.86. The van der Waals surface area contributed by atoms with Gasteiger partial charge >= 0.3 is 11.9 Å². The fourth-order valence-electron chi connectivity index (χ4n) is 3.72. The number of aromatic amines is 1. The average molecular weight is 542 g/mol. The zero-order valence-electron chi connectivity index (χ0n) is 19.0. The van der Waals surface area contributed by atoms with Crippen molar-refractivity contribution in [2.24, 2.45) is 7.05 Å². The number of carbonyl (C=O) groups is 4. The summed E-state index contributed by atoms with van der Waals surface area (Å²) in [6, 6.07) is 0. The first kappa shape index (κ1) is 25.5. The average Bonchev–Trinajstić information content (AvgIpc) is 3.43. The number of aromatic nitrogens is 5. The van der Waals surface area contributed by atoms with E-state index in [0.29, 0.717) is 10.7 Å². The topological polar surface area (TPSA) is 212 Å². The lowest BCUT2D eigenvalue weighted by Gasteiger charge is -2.55. The molecule has 0 radical (unpaired) electrons. The number of H-pyrrole nitrogens is 1. The molecule has 192 valence electrons. The number of amides is 2. The zero-order valence-corrected chi connectivity index (χ0v) is 20.6. The molecule has 0 aliphatic carbocycles. The summed E-state index contributed by atoms with van der Waals surface area (Å²) in [5.41, 5.74) is -2.96. The van der Waals surface area contributed by atoms with Crippen LogP contribution in [0.25, 0.3) is 0 Å². The van der Waals surface area contributed by atoms with E-state index in [1.54, 1.807) is 7.05 Å². The third-order valence-electron chi connectivity index (χ3n) is 5.40. The van der Waals surface area contributed by atoms with Gasteiger partial charge in [0, 0.05) is 25.7 Å². The normalized spacial score (nSPS) is 21.1. The molecule has 0 bridgehead atoms. The maximum atomic E-state index is 13.2. The lowest BCUT2D eigenvalue weighted by Crippen LogP contribution is -2.80. The number of nitrogens with one attached hydrogen (secondary N) is 2. The molecule has 2 aromatic rings. The van der Waals surface area contributed by atoms with Crippen molar-refractivity contribution < 1.29 is 38.3 Å². The van der Waals surface area contributed by atoms with Crippen LogP contribution in [0, 0.1) is 0 Å². The van der Waals surface area contributed by atoms with E-state index in [1.807, 2.05) is 5.16 Å². The van der Waals surface area contributed by atoms with Crippen molar-refractivity contribution in [1.29, 1.82) is 0 Å². The Hall–Kier alpha value is -3.64. The predicted octanol–water partition coefficient (Wildman–Crippen LogP) is -1.67. The van der Waals surface area contributed by atoms with Crippen molar-refractivity contribution in [3.05, 3.63) is 32.9 Å². The second-order valence-corrected chi connectivity index (χ2v) is 9.47. The highest BCUT2D eigenvalue weighted by atomic mass is 32.2. The van der Waals surface area contributed by atoms with Crippen LogP contribution in [-0.2, 0) is 37.3 Å². The van der Waals surface area contributed by atoms with Crippen LogP contribution in [0.3, 0.4) is 0 Å². The number of hydrogen-bond donors (Lipinski definition) is 3. The van der Waals surface area contributed by atoms with Gasteiger partial charge in [-0.1, -0.05) is 11.8 Å². The number of carbonyl (C=O) groups excluding carboxylic acids is 3. The molecular formula is C18H19N7O9S2. The van der Waals surface area contributed by atoms with Crippen LogP contribution in [0.2, 0.25) is 0 Å². The number of hydrogen-bond acceptors (Lipinski definition) is 13. The summed E-state index contributed by atoms with van der Waals surface area (Å²) in [7, 11) is 3.90. The molecule has 18 heteroatoms. The van der Waals surface area contributed by atoms with Gasteiger partial charge in [0.25, 0.3) is 17.2 Å². The molecule has 4 rings (SSSR count). The molecule has 2 atom stereocenters. The first-order valence-electron chi connectivity index (χ1n) is 10.0. The van der Waals surface area contributed by atoms with Crippen molar-refractivity contribution in [2.45, 2.75) is 22.7 Å². The monoisotopic (exact) mass is 541 g/mol. The number of β-lactam (4-membered cyclic amide) rings is 1. The lowest BCUT2D eigenvalue weighted by atomic mass is 9.98. The molecule has 2 aromatic heterocycles. The van der Waals surface area contributed by atoms with Gasteiger partial charge < -0.3 is 24.4 Å². The summed E-state index contributed by atoms with van der Waals surface area (Å²) < 4.78 is 16.2. The molecule has 2 aliphatic rings. The van der Waals surface area contributed by atoms with Gasteiger partial charge in [-0.2, -0.15) is 5.16 Å². The van der Waals surface area contributed by atoms with E-state index in [9.17, 15) is 29.1 Å². The van der Waals surface area contributed by atoms with E-state index < -0.39 is 52.4 Å². The van der Waals surface area contributed by atoms with Gasteiger partial charge in [0.05, 0.1) is 13.5 Å². The van der Waals surface area contributed by atoms with Gasteiger partial charge in [0.15, 0.2) is 11.3 Å². The molecule has 3 N–H and O–H groups in total. The third-order valence-corrected chi connectivity index (χ3v) is 7.87. The Labute approximate surface area is 209 Å². The predicted molar refractivity (Wildman–Crippen MR) is 120 cm³/mol. The standard InChI is InChI=1S/C18H19N7O9S2/c1-24-17(20-22-23-24)36-6-7-5-35-16-18(33-3,15(31)25(16)11(7)13(28)29)19-9(26)4-8-10(14(30)32-2)12(27)21-34-8/h16H,4-6H2,1-3H3,(H,19,26)(H,21,27)(H,28,29)/t16-,18+/m1/s1. The Morgan fingerprint density at radius 2 is 2.11 bits per heavy atom. The van der Waals surface area contributed by atoms with E-state index in [2.05, 4.69) is 25.6 Å². The maximum absolute atomic E-state index is 13.2. The quantitative estimate of drug-likeness (QED) is 0.140. The highest BCUT2D eigenvalue weighted by Gasteiger charge is 2.66. The number of esters is 1. The van der Waals surface area contributed by atoms with Crippen LogP contribution >= 0.6 is 23.5 Å². The Balaban J connectivity index is 1.53. The molecule has 0 spiro atoms. The van der Waals surface area contributed by atoms with Crippen LogP contribution in [-0.4, -0.2) is 95.9 Å². The van der Waals surface area contributed by atoms with E-state index in [-0.39, 0.29) is 23.0 Å². The van der Waals surface area contributed by atoms with Crippen molar-refractivity contribution >= 4 is 47.3 Å². The summed E-state index contributed by atoms with van der Waals surface area (Å²) in [5.74, 6) is -3.76. The number of carboxylic acid groups (broad SMARTS) is 1. The highest BCUT2D eigenvalue weighted by molar-refractivity contribution is 8.01. The van der Waals surface area contributed by atoms with Crippen LogP contribution in [0.4, 0.5) is 0 Å². The molecule has 0 aromatic carbocycles. The smallest absolute Gasteiger partial charge is 0.352 e. The fraction of sp³-hybridized carbons (Fsp3) is 0.444. The Kier molecular flexibility index (Phi) is 6.92. The van der Waals surface area contributed by atoms with Crippen molar-refractivity contribution in [1.82, 2.24) is 35.6 Å². The minimum absolute atomic E-state index is 0.210. The van der Waals surface area contributed by atoms with E-state index in [1.165, 1.54) is 35.3 Å². The summed E-state index contributed by atoms with van der Waals surface area (Å²) in [6.07, 6.45) is -0.589. The summed E-state index contributed by atoms with van der Waals surface area (Å²) in [6.45, 7) is 0. The second-order valence-electron chi connectivity index (χ2n) is 7.46. The number of nitrogens with zero attached hydrogens (tertiary/aromatic N) is 5. The Morgan fingerprint density at radius 1 is 1.36 bits per heavy atom. The molecule has 1 saturated heterocycles. The third kappa shape index (κ3) is 4.16. The number of rotatable bonds is 9. The molecule has 0 unspecified atom stereocenters. The number of aliphatic carboxylic acids is 1. The zero-order chi connectivity index (χ0) is 26.2. The number of thioether (sulfide) groups is 2. The van der Waals surface area contributed by atoms with Crippen molar-refractivity contribution in [3.8, 4) is 0 Å². The van der Waals surface area contributed by atoms with Gasteiger partial charge in [-0.15, -0.1) is 16.9 Å². The van der Waals surface area contributed by atoms with Crippen LogP contribution in [0.1, 0.15) is 16.1 Å². The lowest BCUT2D eigenvalue weighted by molar-refractivity contribution is -0.192. The first-order valence-corrected chi connectivity index (χ1v) is 12.1. The maximum Gasteiger partial charge on any atom is 0.352 e. The highest BCUT2D eigenvalue weighted by Crippen LogP contribution is 2.47. The van der Waals surface area contributed by atoms with Crippen LogP contribution in [0.15, 0.2) is 25.7 Å². The van der Waals surface area contributed by atoms with Gasteiger partial charge in [0.1, 0.15) is 11.1 Å². The SMILES string of the molecule is COC(=O)c1c(CC(=O)N[C@]2(OC)C(=O)N3C(C(=O)O)=C(CSc4nnnn4C)CS[C@@H]32)o[nH]c1=O. The number of fused-ring (bicyclic) bond motifs is 1. The number of ether oxygens (including phenoxy) is 2. The molecular weight excluding hydrogens is 522 g/mol. The summed E-state index contributed by atoms with van der Waals surface area (Å²) in [4.78, 5) is 62.7. The number of methoxy groups -OCH3 is 2. The molecule has 36 heavy (non-hydrogen) atoms. The molecule has 1 fully saturated rings. The second kappa shape index (κ2) is 9.78. The Morgan fingerprint density at radius 3 is 2.72 bits per heavy atom. The van der Waals surface area contributed by atoms with Gasteiger partial charge in [-0.3, -0.25) is 19.3 Å². The minimum Gasteiger partial charge on any atom is -0.477 e. The molecule has 16 nitrogen and oxygen atoms in total. The van der Waals surface area contributed by atoms with Gasteiger partial charge in [0.2, 0.25) is 11.1 Å². The van der Waals surface area contributed by atoms with Crippen molar-refractivity contribution in [3.63, 3.8) is 0 Å². The Bertz CT molecular complexity index is 1330. The number of aryl methyl sites for hydroxylation is 1. The fourth-order valence-corrected chi connectivity index (χ4v) is 6.14. The largest absolute Gasteiger partial charge is 0.477 e. The molecule has 2 aliphatic heterocycles. The number of carboxylic acids is 1. The van der Waals surface area contributed by atoms with E-state index >= 15 is 0 Å². The first-order chi connectivity index (χ1) is 17.1. The molecule has 0 saturated carbocycles. The van der Waals surface area contributed by atoms with Gasteiger partial charge in [-0.25, -0.2) is 14.3 Å². The van der Waals surface area contributed by atoms with Crippen molar-refractivity contribution in [2.75, 3.05) is 25.7 Å². The summed E-state index contributed by atoms with van der Waals surface area (Å²) in [5, 5.41) is 24.9. The van der Waals surface area contributed by atoms with Gasteiger partial charge in [-0.05, 0) is 16.0 Å². The molecule has 2 amide bonds. The van der Waals surface area contributed by atoms with E-state index in [4.69, 9.17) is 9.26 Å². The molecule has 4 heterocycles. The number of tetrazole rings is 1. The van der Waals surface area contributed by atoms with Crippen LogP contribution in [0.5, 0.6) is 0 Å².